The summed E-state index contributed by atoms with van der Waals surface area (Å²) in [5.74, 6) is -0.480. The molecule has 1 heterocycles. The van der Waals surface area contributed by atoms with Gasteiger partial charge in [0.15, 0.2) is 11.5 Å². The van der Waals surface area contributed by atoms with Gasteiger partial charge in [-0.05, 0) is 12.1 Å². The molecule has 0 fully saturated rings. The average Bonchev–Trinajstić information content (AvgIpc) is 2.40. The zero-order chi connectivity index (χ0) is 10.3. The molecule has 0 unspecified atom stereocenters. The highest BCUT2D eigenvalue weighted by molar-refractivity contribution is 6.32. The number of carbonyl (C=O) groups is 1. The summed E-state index contributed by atoms with van der Waals surface area (Å²) >= 11 is 5.58. The topological polar surface area (TPSA) is 35.5 Å². The summed E-state index contributed by atoms with van der Waals surface area (Å²) in [6.45, 7) is 0. The van der Waals surface area contributed by atoms with Crippen molar-refractivity contribution in [2.45, 2.75) is 6.29 Å². The van der Waals surface area contributed by atoms with E-state index in [2.05, 4.69) is 9.47 Å². The number of benzene rings is 1. The van der Waals surface area contributed by atoms with Crippen LogP contribution in [-0.2, 0) is 0 Å². The minimum absolute atomic E-state index is 0.0817. The van der Waals surface area contributed by atoms with E-state index in [4.69, 9.17) is 11.6 Å². The SMILES string of the molecule is O=Cc1cc(Cl)c2c(c1)OC(F)(F)O2. The largest absolute Gasteiger partial charge is 0.586 e. The van der Waals surface area contributed by atoms with E-state index in [0.717, 1.165) is 6.07 Å². The fraction of sp³-hybridized carbons (Fsp3) is 0.125. The van der Waals surface area contributed by atoms with E-state index in [1.54, 1.807) is 0 Å². The van der Waals surface area contributed by atoms with Gasteiger partial charge in [0.2, 0.25) is 0 Å². The lowest BCUT2D eigenvalue weighted by atomic mass is 10.2. The number of hydrogen-bond acceptors (Lipinski definition) is 3. The monoisotopic (exact) mass is 220 g/mol. The Bertz CT molecular complexity index is 406. The summed E-state index contributed by atoms with van der Waals surface area (Å²) in [5.41, 5.74) is 0.148. The van der Waals surface area contributed by atoms with Crippen molar-refractivity contribution in [3.8, 4) is 11.5 Å². The third-order valence-corrected chi connectivity index (χ3v) is 1.90. The molecule has 1 aromatic rings. The Balaban J connectivity index is 2.52. The second-order valence-electron chi connectivity index (χ2n) is 2.62. The van der Waals surface area contributed by atoms with Gasteiger partial charge in [0, 0.05) is 5.56 Å². The van der Waals surface area contributed by atoms with Gasteiger partial charge in [0.05, 0.1) is 5.02 Å². The fourth-order valence-electron chi connectivity index (χ4n) is 1.10. The van der Waals surface area contributed by atoms with Crippen LogP contribution >= 0.6 is 11.6 Å². The van der Waals surface area contributed by atoms with Crippen LogP contribution in [0.5, 0.6) is 11.5 Å². The molecule has 0 N–H and O–H groups in total. The van der Waals surface area contributed by atoms with E-state index in [9.17, 15) is 13.6 Å². The van der Waals surface area contributed by atoms with Crippen LogP contribution in [0.15, 0.2) is 12.1 Å². The fourth-order valence-corrected chi connectivity index (χ4v) is 1.36. The molecule has 1 aliphatic heterocycles. The number of rotatable bonds is 1. The maximum Gasteiger partial charge on any atom is 0.586 e. The van der Waals surface area contributed by atoms with E-state index in [-0.39, 0.29) is 22.1 Å². The van der Waals surface area contributed by atoms with Crippen molar-refractivity contribution in [1.82, 2.24) is 0 Å². The van der Waals surface area contributed by atoms with E-state index in [1.165, 1.54) is 6.07 Å². The molecular formula is C8H3ClF2O3. The number of alkyl halides is 2. The Morgan fingerprint density at radius 3 is 2.71 bits per heavy atom. The second-order valence-corrected chi connectivity index (χ2v) is 3.02. The van der Waals surface area contributed by atoms with Crippen molar-refractivity contribution in [2.24, 2.45) is 0 Å². The number of carbonyl (C=O) groups excluding carboxylic acids is 1. The molecule has 0 bridgehead atoms. The maximum absolute atomic E-state index is 12.6. The van der Waals surface area contributed by atoms with Crippen LogP contribution in [0.4, 0.5) is 8.78 Å². The molecule has 0 saturated heterocycles. The van der Waals surface area contributed by atoms with Crippen LogP contribution in [-0.4, -0.2) is 12.6 Å². The predicted octanol–water partition coefficient (Wildman–Crippen LogP) is 2.47. The summed E-state index contributed by atoms with van der Waals surface area (Å²) in [4.78, 5) is 10.4. The Morgan fingerprint density at radius 2 is 2.07 bits per heavy atom. The molecule has 14 heavy (non-hydrogen) atoms. The Kier molecular flexibility index (Phi) is 1.85. The molecule has 0 radical (unpaired) electrons. The Morgan fingerprint density at radius 1 is 1.36 bits per heavy atom. The van der Waals surface area contributed by atoms with Gasteiger partial charge in [-0.15, -0.1) is 8.78 Å². The molecule has 2 rings (SSSR count). The van der Waals surface area contributed by atoms with E-state index in [1.807, 2.05) is 0 Å². The Hall–Kier alpha value is -1.36. The quantitative estimate of drug-likeness (QED) is 0.682. The molecule has 0 saturated carbocycles. The van der Waals surface area contributed by atoms with Crippen molar-refractivity contribution in [3.05, 3.63) is 22.7 Å². The Labute approximate surface area is 82.2 Å². The summed E-state index contributed by atoms with van der Waals surface area (Å²) in [7, 11) is 0. The normalized spacial score (nSPS) is 16.8. The van der Waals surface area contributed by atoms with Gasteiger partial charge in [0.1, 0.15) is 6.29 Å². The highest BCUT2D eigenvalue weighted by atomic mass is 35.5. The van der Waals surface area contributed by atoms with Gasteiger partial charge < -0.3 is 9.47 Å². The molecule has 0 aromatic heterocycles. The van der Waals surface area contributed by atoms with Gasteiger partial charge in [-0.3, -0.25) is 4.79 Å². The number of halogens is 3. The zero-order valence-electron chi connectivity index (χ0n) is 6.59. The van der Waals surface area contributed by atoms with Gasteiger partial charge in [-0.2, -0.15) is 0 Å². The van der Waals surface area contributed by atoms with Gasteiger partial charge in [0.25, 0.3) is 0 Å². The van der Waals surface area contributed by atoms with Crippen LogP contribution in [0.2, 0.25) is 5.02 Å². The van der Waals surface area contributed by atoms with Crippen LogP contribution in [0.1, 0.15) is 10.4 Å². The lowest BCUT2D eigenvalue weighted by Crippen LogP contribution is -2.26. The van der Waals surface area contributed by atoms with Crippen molar-refractivity contribution < 1.29 is 23.0 Å². The number of ether oxygens (including phenoxy) is 2. The van der Waals surface area contributed by atoms with E-state index < -0.39 is 6.29 Å². The van der Waals surface area contributed by atoms with Crippen LogP contribution < -0.4 is 9.47 Å². The number of aldehydes is 1. The molecular weight excluding hydrogens is 218 g/mol. The van der Waals surface area contributed by atoms with Crippen molar-refractivity contribution in [1.29, 1.82) is 0 Å². The predicted molar refractivity (Wildman–Crippen MR) is 43.0 cm³/mol. The van der Waals surface area contributed by atoms with Gasteiger partial charge in [-0.25, -0.2) is 0 Å². The molecule has 0 atom stereocenters. The van der Waals surface area contributed by atoms with E-state index >= 15 is 0 Å². The summed E-state index contributed by atoms with van der Waals surface area (Å²) in [5, 5.41) is -0.0817. The summed E-state index contributed by atoms with van der Waals surface area (Å²) in [6.07, 6.45) is -3.24. The molecule has 3 nitrogen and oxygen atoms in total. The zero-order valence-corrected chi connectivity index (χ0v) is 7.35. The number of hydrogen-bond donors (Lipinski definition) is 0. The highest BCUT2D eigenvalue weighted by Gasteiger charge is 2.44. The highest BCUT2D eigenvalue weighted by Crippen LogP contribution is 2.45. The van der Waals surface area contributed by atoms with Crippen molar-refractivity contribution in [3.63, 3.8) is 0 Å². The molecule has 1 aliphatic rings. The molecule has 0 aliphatic carbocycles. The van der Waals surface area contributed by atoms with Crippen molar-refractivity contribution in [2.75, 3.05) is 0 Å². The first-order chi connectivity index (χ1) is 6.52. The first-order valence-electron chi connectivity index (χ1n) is 3.56. The van der Waals surface area contributed by atoms with Crippen LogP contribution in [0, 0.1) is 0 Å². The summed E-state index contributed by atoms with van der Waals surface area (Å²) in [6, 6.07) is 2.35. The van der Waals surface area contributed by atoms with Gasteiger partial charge in [-0.1, -0.05) is 11.6 Å². The first kappa shape index (κ1) is 9.21. The average molecular weight is 221 g/mol. The lowest BCUT2D eigenvalue weighted by molar-refractivity contribution is -0.286. The maximum atomic E-state index is 12.6. The minimum Gasteiger partial charge on any atom is -0.395 e. The molecule has 0 spiro atoms. The van der Waals surface area contributed by atoms with Crippen LogP contribution in [0.25, 0.3) is 0 Å². The molecule has 0 amide bonds. The first-order valence-corrected chi connectivity index (χ1v) is 3.94. The number of fused-ring (bicyclic) bond motifs is 1. The van der Waals surface area contributed by atoms with Crippen LogP contribution in [0.3, 0.4) is 0 Å². The lowest BCUT2D eigenvalue weighted by Gasteiger charge is -2.04. The molecule has 74 valence electrons. The second kappa shape index (κ2) is 2.81. The smallest absolute Gasteiger partial charge is 0.395 e. The third-order valence-electron chi connectivity index (χ3n) is 1.62. The molecule has 6 heteroatoms. The standard InChI is InChI=1S/C8H3ClF2O3/c9-5-1-4(3-12)2-6-7(5)14-8(10,11)13-6/h1-3H. The van der Waals surface area contributed by atoms with Crippen molar-refractivity contribution >= 4 is 17.9 Å². The molecule has 1 aromatic carbocycles. The van der Waals surface area contributed by atoms with E-state index in [0.29, 0.717) is 6.29 Å². The van der Waals surface area contributed by atoms with Gasteiger partial charge >= 0.3 is 6.29 Å². The summed E-state index contributed by atoms with van der Waals surface area (Å²) < 4.78 is 33.4. The minimum atomic E-state index is -3.71. The third kappa shape index (κ3) is 1.39.